The van der Waals surface area contributed by atoms with E-state index in [0.29, 0.717) is 11.4 Å². The summed E-state index contributed by atoms with van der Waals surface area (Å²) in [6, 6.07) is 13.9. The van der Waals surface area contributed by atoms with Crippen molar-refractivity contribution in [2.45, 2.75) is 39.2 Å². The first-order chi connectivity index (χ1) is 12.7. The summed E-state index contributed by atoms with van der Waals surface area (Å²) in [6.45, 7) is 2.87. The SMILES string of the molecule is CCCCn1nnc(-c2ccc(CC(=O)Cc3ccccc3F)cc2)n1. The normalized spacial score (nSPS) is 10.8. The summed E-state index contributed by atoms with van der Waals surface area (Å²) < 4.78 is 13.6. The molecule has 0 amide bonds. The molecule has 3 rings (SSSR count). The maximum Gasteiger partial charge on any atom is 0.204 e. The van der Waals surface area contributed by atoms with Crippen LogP contribution in [-0.4, -0.2) is 26.0 Å². The number of tetrazole rings is 1. The molecule has 0 N–H and O–H groups in total. The highest BCUT2D eigenvalue weighted by molar-refractivity contribution is 5.83. The van der Waals surface area contributed by atoms with E-state index < -0.39 is 0 Å². The molecular weight excluding hydrogens is 331 g/mol. The van der Waals surface area contributed by atoms with Gasteiger partial charge in [0, 0.05) is 18.4 Å². The molecule has 0 fully saturated rings. The van der Waals surface area contributed by atoms with Gasteiger partial charge in [-0.05, 0) is 28.8 Å². The van der Waals surface area contributed by atoms with Crippen molar-refractivity contribution >= 4 is 5.78 Å². The summed E-state index contributed by atoms with van der Waals surface area (Å²) in [5, 5.41) is 12.5. The Labute approximate surface area is 151 Å². The van der Waals surface area contributed by atoms with Gasteiger partial charge in [0.15, 0.2) is 0 Å². The van der Waals surface area contributed by atoms with Gasteiger partial charge in [-0.15, -0.1) is 10.2 Å². The Morgan fingerprint density at radius 2 is 1.85 bits per heavy atom. The van der Waals surface area contributed by atoms with Crippen LogP contribution in [0.1, 0.15) is 30.9 Å². The molecule has 1 heterocycles. The van der Waals surface area contributed by atoms with Crippen LogP contribution in [0.25, 0.3) is 11.4 Å². The lowest BCUT2D eigenvalue weighted by Gasteiger charge is -2.04. The molecule has 0 aliphatic heterocycles. The van der Waals surface area contributed by atoms with Gasteiger partial charge in [-0.2, -0.15) is 4.80 Å². The Balaban J connectivity index is 1.61. The lowest BCUT2D eigenvalue weighted by Crippen LogP contribution is -2.07. The highest BCUT2D eigenvalue weighted by atomic mass is 19.1. The third-order valence-electron chi connectivity index (χ3n) is 4.12. The first-order valence-corrected chi connectivity index (χ1v) is 8.78. The largest absolute Gasteiger partial charge is 0.299 e. The third kappa shape index (κ3) is 4.59. The molecule has 134 valence electrons. The summed E-state index contributed by atoms with van der Waals surface area (Å²) in [6.07, 6.45) is 2.46. The minimum absolute atomic E-state index is 0.0218. The molecule has 26 heavy (non-hydrogen) atoms. The van der Waals surface area contributed by atoms with Gasteiger partial charge in [0.25, 0.3) is 0 Å². The Morgan fingerprint density at radius 3 is 2.58 bits per heavy atom. The first kappa shape index (κ1) is 17.9. The second-order valence-corrected chi connectivity index (χ2v) is 6.24. The van der Waals surface area contributed by atoms with E-state index in [1.165, 1.54) is 6.07 Å². The fourth-order valence-corrected chi connectivity index (χ4v) is 2.67. The summed E-state index contributed by atoms with van der Waals surface area (Å²) in [4.78, 5) is 13.8. The molecule has 6 heteroatoms. The average Bonchev–Trinajstić information content (AvgIpc) is 3.11. The fourth-order valence-electron chi connectivity index (χ4n) is 2.67. The van der Waals surface area contributed by atoms with Crippen LogP contribution in [0, 0.1) is 5.82 Å². The van der Waals surface area contributed by atoms with Crippen molar-refractivity contribution in [3.05, 3.63) is 65.5 Å². The molecule has 0 atom stereocenters. The number of aromatic nitrogens is 4. The second kappa shape index (κ2) is 8.47. The van der Waals surface area contributed by atoms with Crippen LogP contribution in [0.2, 0.25) is 0 Å². The molecule has 0 radical (unpaired) electrons. The van der Waals surface area contributed by atoms with E-state index >= 15 is 0 Å². The number of carbonyl (C=O) groups is 1. The Kier molecular flexibility index (Phi) is 5.84. The summed E-state index contributed by atoms with van der Waals surface area (Å²) in [5.41, 5.74) is 2.17. The van der Waals surface area contributed by atoms with Crippen molar-refractivity contribution in [2.75, 3.05) is 0 Å². The number of ketones is 1. The zero-order valence-electron chi connectivity index (χ0n) is 14.7. The van der Waals surface area contributed by atoms with Gasteiger partial charge in [-0.1, -0.05) is 55.8 Å². The van der Waals surface area contributed by atoms with Crippen molar-refractivity contribution in [1.29, 1.82) is 0 Å². The van der Waals surface area contributed by atoms with Crippen LogP contribution in [0.15, 0.2) is 48.5 Å². The number of aryl methyl sites for hydroxylation is 1. The van der Waals surface area contributed by atoms with Gasteiger partial charge in [-0.3, -0.25) is 4.79 Å². The van der Waals surface area contributed by atoms with Crippen LogP contribution in [0.4, 0.5) is 4.39 Å². The fraction of sp³-hybridized carbons (Fsp3) is 0.300. The van der Waals surface area contributed by atoms with Crippen molar-refractivity contribution < 1.29 is 9.18 Å². The Bertz CT molecular complexity index is 874. The summed E-state index contributed by atoms with van der Waals surface area (Å²) >= 11 is 0. The van der Waals surface area contributed by atoms with E-state index in [2.05, 4.69) is 22.3 Å². The molecule has 0 unspecified atom stereocenters. The molecule has 2 aromatic carbocycles. The maximum absolute atomic E-state index is 13.6. The number of unbranched alkanes of at least 4 members (excludes halogenated alkanes) is 1. The summed E-state index contributed by atoms with van der Waals surface area (Å²) in [5.74, 6) is 0.213. The van der Waals surface area contributed by atoms with Gasteiger partial charge in [-0.25, -0.2) is 4.39 Å². The second-order valence-electron chi connectivity index (χ2n) is 6.24. The van der Waals surface area contributed by atoms with Crippen LogP contribution in [0.3, 0.4) is 0 Å². The van der Waals surface area contributed by atoms with Gasteiger partial charge in [0.05, 0.1) is 6.54 Å². The van der Waals surface area contributed by atoms with E-state index in [-0.39, 0.29) is 24.4 Å². The number of carbonyl (C=O) groups excluding carboxylic acids is 1. The zero-order chi connectivity index (χ0) is 18.4. The quantitative estimate of drug-likeness (QED) is 0.621. The van der Waals surface area contributed by atoms with E-state index in [4.69, 9.17) is 0 Å². The molecule has 0 bridgehead atoms. The third-order valence-corrected chi connectivity index (χ3v) is 4.12. The van der Waals surface area contributed by atoms with Crippen LogP contribution in [0.5, 0.6) is 0 Å². The number of hydrogen-bond acceptors (Lipinski definition) is 4. The molecule has 0 aliphatic carbocycles. The predicted molar refractivity (Wildman–Crippen MR) is 97.0 cm³/mol. The van der Waals surface area contributed by atoms with Gasteiger partial charge >= 0.3 is 0 Å². The topological polar surface area (TPSA) is 60.7 Å². The molecule has 5 nitrogen and oxygen atoms in total. The van der Waals surface area contributed by atoms with Crippen molar-refractivity contribution in [1.82, 2.24) is 20.2 Å². The molecule has 0 spiro atoms. The molecular formula is C20H21FN4O. The van der Waals surface area contributed by atoms with Crippen LogP contribution in [-0.2, 0) is 24.2 Å². The minimum atomic E-state index is -0.339. The average molecular weight is 352 g/mol. The van der Waals surface area contributed by atoms with Crippen molar-refractivity contribution in [3.63, 3.8) is 0 Å². The smallest absolute Gasteiger partial charge is 0.204 e. The van der Waals surface area contributed by atoms with Crippen LogP contribution >= 0.6 is 0 Å². The number of hydrogen-bond donors (Lipinski definition) is 0. The lowest BCUT2D eigenvalue weighted by atomic mass is 10.0. The molecule has 3 aromatic rings. The number of rotatable bonds is 8. The van der Waals surface area contributed by atoms with E-state index in [9.17, 15) is 9.18 Å². The van der Waals surface area contributed by atoms with E-state index in [1.807, 2.05) is 24.3 Å². The first-order valence-electron chi connectivity index (χ1n) is 8.78. The highest BCUT2D eigenvalue weighted by Gasteiger charge is 2.10. The van der Waals surface area contributed by atoms with E-state index in [1.54, 1.807) is 23.0 Å². The standard InChI is InChI=1S/C20H21FN4O/c1-2-3-12-25-23-20(22-24-25)16-10-8-15(9-11-16)13-18(26)14-17-6-4-5-7-19(17)21/h4-11H,2-3,12-14H2,1H3. The number of benzene rings is 2. The predicted octanol–water partition coefficient (Wildman–Crippen LogP) is 3.63. The molecule has 0 aliphatic rings. The monoisotopic (exact) mass is 352 g/mol. The maximum atomic E-state index is 13.6. The van der Waals surface area contributed by atoms with Gasteiger partial charge < -0.3 is 0 Å². The Hall–Kier alpha value is -2.89. The van der Waals surface area contributed by atoms with Crippen molar-refractivity contribution in [2.24, 2.45) is 0 Å². The Morgan fingerprint density at radius 1 is 1.08 bits per heavy atom. The minimum Gasteiger partial charge on any atom is -0.299 e. The number of halogens is 1. The van der Waals surface area contributed by atoms with Gasteiger partial charge in [0.2, 0.25) is 5.82 Å². The van der Waals surface area contributed by atoms with Crippen LogP contribution < -0.4 is 0 Å². The number of Topliss-reactive ketones (excluding diaryl/α,β-unsaturated/α-hetero) is 1. The van der Waals surface area contributed by atoms with Crippen molar-refractivity contribution in [3.8, 4) is 11.4 Å². The zero-order valence-corrected chi connectivity index (χ0v) is 14.7. The molecule has 0 saturated heterocycles. The van der Waals surface area contributed by atoms with E-state index in [0.717, 1.165) is 30.5 Å². The molecule has 0 saturated carbocycles. The lowest BCUT2D eigenvalue weighted by molar-refractivity contribution is -0.117. The highest BCUT2D eigenvalue weighted by Crippen LogP contribution is 2.16. The van der Waals surface area contributed by atoms with Gasteiger partial charge in [0.1, 0.15) is 11.6 Å². The summed E-state index contributed by atoms with van der Waals surface area (Å²) in [7, 11) is 0. The molecule has 1 aromatic heterocycles. The number of nitrogens with zero attached hydrogens (tertiary/aromatic N) is 4.